The number of hydrogen-bond acceptors (Lipinski definition) is 4. The molecule has 1 aliphatic rings. The molecule has 5 heteroatoms. The predicted molar refractivity (Wildman–Crippen MR) is 114 cm³/mol. The second-order valence-corrected chi connectivity index (χ2v) is 7.09. The van der Waals surface area contributed by atoms with Gasteiger partial charge in [-0.1, -0.05) is 72.8 Å². The molecule has 0 aliphatic heterocycles. The van der Waals surface area contributed by atoms with Crippen LogP contribution in [0, 0.1) is 0 Å². The summed E-state index contributed by atoms with van der Waals surface area (Å²) in [5.41, 5.74) is 6.69. The van der Waals surface area contributed by atoms with Crippen LogP contribution >= 0.6 is 0 Å². The van der Waals surface area contributed by atoms with Crippen LogP contribution in [-0.4, -0.2) is 24.9 Å². The van der Waals surface area contributed by atoms with Gasteiger partial charge in [0.1, 0.15) is 12.3 Å². The molecule has 0 fully saturated rings. The van der Waals surface area contributed by atoms with Gasteiger partial charge in [0, 0.05) is 6.42 Å². The molecule has 4 rings (SSSR count). The summed E-state index contributed by atoms with van der Waals surface area (Å²) < 4.78 is 9.99. The summed E-state index contributed by atoms with van der Waals surface area (Å²) >= 11 is 0. The molecule has 0 bridgehead atoms. The summed E-state index contributed by atoms with van der Waals surface area (Å²) in [4.78, 5) is 28.2. The molecule has 0 unspecified atom stereocenters. The minimum atomic E-state index is -0.812. The lowest BCUT2D eigenvalue weighted by Crippen LogP contribution is -2.20. The van der Waals surface area contributed by atoms with Crippen LogP contribution in [0.2, 0.25) is 0 Å². The summed E-state index contributed by atoms with van der Waals surface area (Å²) in [6.07, 6.45) is 0.229. The van der Waals surface area contributed by atoms with E-state index in [0.717, 1.165) is 17.5 Å². The predicted octanol–water partition coefficient (Wildman–Crippen LogP) is 4.75. The minimum Gasteiger partial charge on any atom is -0.465 e. The number of fused-ring (bicyclic) bond motifs is 3. The van der Waals surface area contributed by atoms with Gasteiger partial charge in [0.05, 0.1) is 7.11 Å². The Morgan fingerprint density at radius 2 is 1.60 bits per heavy atom. The van der Waals surface area contributed by atoms with E-state index in [9.17, 15) is 9.59 Å². The van der Waals surface area contributed by atoms with Crippen molar-refractivity contribution in [1.82, 2.24) is 0 Å². The van der Waals surface area contributed by atoms with E-state index in [0.29, 0.717) is 0 Å². The fraction of sp³-hybridized carbons (Fsp3) is 0.160. The van der Waals surface area contributed by atoms with Gasteiger partial charge in [-0.2, -0.15) is 4.99 Å². The number of esters is 1. The van der Waals surface area contributed by atoms with Crippen LogP contribution in [0.3, 0.4) is 0 Å². The Balaban J connectivity index is 1.49. The Hall–Kier alpha value is -3.73. The first-order valence-electron chi connectivity index (χ1n) is 9.70. The molecule has 0 atom stereocenters. The van der Waals surface area contributed by atoms with Crippen molar-refractivity contribution in [2.45, 2.75) is 19.4 Å². The zero-order chi connectivity index (χ0) is 20.9. The number of carbonyl (C=O) groups is 2. The number of aliphatic imine (C=N–C) groups is 1. The lowest BCUT2D eigenvalue weighted by molar-refractivity contribution is -0.132. The van der Waals surface area contributed by atoms with Gasteiger partial charge in [0.15, 0.2) is 0 Å². The highest BCUT2D eigenvalue weighted by atomic mass is 16.5. The van der Waals surface area contributed by atoms with Crippen LogP contribution in [0.1, 0.15) is 22.3 Å². The van der Waals surface area contributed by atoms with Crippen LogP contribution in [-0.2, 0) is 33.7 Å². The highest BCUT2D eigenvalue weighted by Crippen LogP contribution is 2.36. The van der Waals surface area contributed by atoms with Gasteiger partial charge in [-0.25, -0.2) is 9.59 Å². The molecule has 30 heavy (non-hydrogen) atoms. The van der Waals surface area contributed by atoms with Crippen molar-refractivity contribution in [3.8, 4) is 11.1 Å². The number of ether oxygens (including phenoxy) is 2. The van der Waals surface area contributed by atoms with Crippen molar-refractivity contribution in [2.75, 3.05) is 7.11 Å². The maximum atomic E-state index is 12.2. The molecular formula is C25H21NO4. The van der Waals surface area contributed by atoms with Gasteiger partial charge < -0.3 is 9.47 Å². The van der Waals surface area contributed by atoms with Gasteiger partial charge >= 0.3 is 12.1 Å². The van der Waals surface area contributed by atoms with Crippen molar-refractivity contribution in [2.24, 2.45) is 4.99 Å². The molecule has 0 heterocycles. The van der Waals surface area contributed by atoms with Crippen LogP contribution in [0.25, 0.3) is 11.1 Å². The lowest BCUT2D eigenvalue weighted by atomic mass is 10.0. The number of rotatable bonds is 5. The highest BCUT2D eigenvalue weighted by Gasteiger charge is 2.20. The summed E-state index contributed by atoms with van der Waals surface area (Å²) in [5.74, 6) is -0.643. The minimum absolute atomic E-state index is 0.0195. The molecule has 0 aromatic heterocycles. The lowest BCUT2D eigenvalue weighted by Gasteiger charge is -2.08. The summed E-state index contributed by atoms with van der Waals surface area (Å²) in [5, 5.41) is 0. The van der Waals surface area contributed by atoms with E-state index >= 15 is 0 Å². The van der Waals surface area contributed by atoms with E-state index in [4.69, 9.17) is 9.47 Å². The van der Waals surface area contributed by atoms with Crippen LogP contribution in [0.4, 0.5) is 4.79 Å². The van der Waals surface area contributed by atoms with E-state index in [1.807, 2.05) is 48.5 Å². The molecule has 1 aliphatic carbocycles. The van der Waals surface area contributed by atoms with Gasteiger partial charge in [-0.05, 0) is 39.8 Å². The van der Waals surface area contributed by atoms with E-state index in [2.05, 4.69) is 29.3 Å². The zero-order valence-corrected chi connectivity index (χ0v) is 16.6. The number of nitrogens with zero attached hydrogens (tertiary/aromatic N) is 1. The average molecular weight is 399 g/mol. The number of benzene rings is 3. The molecule has 3 aromatic carbocycles. The molecule has 150 valence electrons. The third kappa shape index (κ3) is 4.30. The molecule has 0 saturated carbocycles. The number of methoxy groups -OCH3 is 1. The Kier molecular flexibility index (Phi) is 5.70. The highest BCUT2D eigenvalue weighted by molar-refractivity contribution is 6.38. The van der Waals surface area contributed by atoms with Gasteiger partial charge in [0.25, 0.3) is 0 Å². The number of amides is 1. The normalized spacial score (nSPS) is 12.1. The maximum absolute atomic E-state index is 12.2. The molecule has 0 spiro atoms. The second-order valence-electron chi connectivity index (χ2n) is 7.09. The van der Waals surface area contributed by atoms with E-state index < -0.39 is 12.1 Å². The van der Waals surface area contributed by atoms with Crippen molar-refractivity contribution < 1.29 is 19.1 Å². The molecule has 5 nitrogen and oxygen atoms in total. The third-order valence-electron chi connectivity index (χ3n) is 5.08. The molecule has 1 amide bonds. The van der Waals surface area contributed by atoms with Crippen LogP contribution in [0.5, 0.6) is 0 Å². The van der Waals surface area contributed by atoms with Crippen molar-refractivity contribution >= 4 is 17.8 Å². The SMILES string of the molecule is COC(=O)C(Cc1ccc2c(c1)Cc1ccccc1-2)=NC(=O)OCc1ccccc1. The quantitative estimate of drug-likeness (QED) is 0.359. The molecule has 0 radical (unpaired) electrons. The third-order valence-corrected chi connectivity index (χ3v) is 5.08. The smallest absolute Gasteiger partial charge is 0.434 e. The van der Waals surface area contributed by atoms with Crippen LogP contribution < -0.4 is 0 Å². The van der Waals surface area contributed by atoms with E-state index in [1.54, 1.807) is 0 Å². The van der Waals surface area contributed by atoms with Crippen molar-refractivity contribution in [1.29, 1.82) is 0 Å². The number of carbonyl (C=O) groups excluding carboxylic acids is 2. The Morgan fingerprint density at radius 1 is 0.867 bits per heavy atom. The first-order chi connectivity index (χ1) is 14.6. The summed E-state index contributed by atoms with van der Waals surface area (Å²) in [6.45, 7) is 0.0920. The van der Waals surface area contributed by atoms with E-state index in [-0.39, 0.29) is 18.7 Å². The first kappa shape index (κ1) is 19.6. The van der Waals surface area contributed by atoms with Crippen molar-refractivity contribution in [3.63, 3.8) is 0 Å². The monoisotopic (exact) mass is 399 g/mol. The zero-order valence-electron chi connectivity index (χ0n) is 16.6. The fourth-order valence-corrected chi connectivity index (χ4v) is 3.64. The molecule has 0 N–H and O–H groups in total. The van der Waals surface area contributed by atoms with Gasteiger partial charge in [0.2, 0.25) is 0 Å². The molecular weight excluding hydrogens is 378 g/mol. The standard InChI is InChI=1S/C25H21NO4/c1-29-24(27)23(26-25(28)30-16-17-7-3-2-4-8-17)14-18-11-12-22-20(13-18)15-19-9-5-6-10-21(19)22/h2-13H,14-16H2,1H3. The summed E-state index contributed by atoms with van der Waals surface area (Å²) in [6, 6.07) is 23.7. The Labute approximate surface area is 175 Å². The summed E-state index contributed by atoms with van der Waals surface area (Å²) in [7, 11) is 1.27. The van der Waals surface area contributed by atoms with Gasteiger partial charge in [-0.3, -0.25) is 0 Å². The van der Waals surface area contributed by atoms with E-state index in [1.165, 1.54) is 29.4 Å². The fourth-order valence-electron chi connectivity index (χ4n) is 3.64. The topological polar surface area (TPSA) is 65.0 Å². The first-order valence-corrected chi connectivity index (χ1v) is 9.70. The second kappa shape index (κ2) is 8.74. The Morgan fingerprint density at radius 3 is 2.40 bits per heavy atom. The maximum Gasteiger partial charge on any atom is 0.434 e. The Bertz CT molecular complexity index is 1120. The van der Waals surface area contributed by atoms with Crippen molar-refractivity contribution in [3.05, 3.63) is 95.1 Å². The number of hydrogen-bond donors (Lipinski definition) is 0. The van der Waals surface area contributed by atoms with Crippen LogP contribution in [0.15, 0.2) is 77.8 Å². The largest absolute Gasteiger partial charge is 0.465 e. The molecule has 3 aromatic rings. The average Bonchev–Trinajstić information content (AvgIpc) is 3.15. The van der Waals surface area contributed by atoms with Gasteiger partial charge in [-0.15, -0.1) is 0 Å². The molecule has 0 saturated heterocycles.